The Kier molecular flexibility index (Phi) is 14.9. The van der Waals surface area contributed by atoms with E-state index in [4.69, 9.17) is 15.2 Å². The van der Waals surface area contributed by atoms with E-state index in [2.05, 4.69) is 39.1 Å². The summed E-state index contributed by atoms with van der Waals surface area (Å²) in [5.74, 6) is 9.65. The van der Waals surface area contributed by atoms with Crippen molar-refractivity contribution < 1.29 is 38.5 Å². The summed E-state index contributed by atoms with van der Waals surface area (Å²) in [6, 6.07) is 20.0. The molecule has 0 fully saturated rings. The molecule has 0 unspecified atom stereocenters. The highest BCUT2D eigenvalue weighted by molar-refractivity contribution is 5.91. The monoisotopic (exact) mass is 641 g/mol. The maximum absolute atomic E-state index is 11.9. The number of nitrogens with one attached hydrogen (secondary N) is 2. The number of aromatic carboxylic acids is 1. The van der Waals surface area contributed by atoms with Gasteiger partial charge in [-0.25, -0.2) is 19.2 Å². The Hall–Kier alpha value is -5.94. The van der Waals surface area contributed by atoms with E-state index in [-0.39, 0.29) is 24.3 Å². The molecule has 246 valence electrons. The summed E-state index contributed by atoms with van der Waals surface area (Å²) < 4.78 is 14.6. The normalized spacial score (nSPS) is 9.89. The fraction of sp³-hybridized carbons (Fsp3) is 0.278. The van der Waals surface area contributed by atoms with E-state index in [1.54, 1.807) is 26.8 Å². The van der Waals surface area contributed by atoms with Crippen LogP contribution in [-0.4, -0.2) is 48.2 Å². The number of primary amides is 1. The van der Waals surface area contributed by atoms with Crippen LogP contribution in [0, 0.1) is 37.5 Å². The van der Waals surface area contributed by atoms with Crippen LogP contribution in [0.4, 0.5) is 14.4 Å². The Morgan fingerprint density at radius 2 is 1.28 bits per heavy atom. The predicted octanol–water partition coefficient (Wildman–Crippen LogP) is 5.44. The van der Waals surface area contributed by atoms with Gasteiger partial charge in [0.05, 0.1) is 5.56 Å². The lowest BCUT2D eigenvalue weighted by Gasteiger charge is -2.16. The van der Waals surface area contributed by atoms with E-state index in [0.717, 1.165) is 22.3 Å². The molecule has 0 aliphatic carbocycles. The first-order valence-corrected chi connectivity index (χ1v) is 14.5. The molecular formula is C36H39N3O8. The van der Waals surface area contributed by atoms with Crippen LogP contribution in [-0.2, 0) is 27.3 Å². The average molecular weight is 642 g/mol. The molecule has 47 heavy (non-hydrogen) atoms. The second kappa shape index (κ2) is 18.8. The van der Waals surface area contributed by atoms with Gasteiger partial charge in [-0.15, -0.1) is 0 Å². The van der Waals surface area contributed by atoms with Crippen molar-refractivity contribution in [3.05, 3.63) is 106 Å². The highest BCUT2D eigenvalue weighted by Crippen LogP contribution is 2.11. The zero-order chi connectivity index (χ0) is 34.8. The van der Waals surface area contributed by atoms with Crippen molar-refractivity contribution in [2.45, 2.75) is 53.3 Å². The zero-order valence-electron chi connectivity index (χ0n) is 27.1. The molecule has 0 heterocycles. The maximum Gasteiger partial charge on any atom is 0.408 e. The average Bonchev–Trinajstić information content (AvgIpc) is 2.99. The van der Waals surface area contributed by atoms with Crippen molar-refractivity contribution in [3.63, 3.8) is 0 Å². The standard InChI is InChI=1S/C31H28N2O6.C5H11NO2/c1-22-7-3-9-25(17-22)20-32-30(36)38-15-5-11-24-13-14-27(28(19-24)29(34)35)12-6-16-39-31(37)33-21-26-10-4-8-23(2)18-26;1-5(2,3)8-4(6)7/h3-4,7-10,13-14,17-19H,15-16,20-21H2,1-2H3,(H,32,36)(H,33,37)(H,34,35);1-3H3,(H2,6,7). The number of carbonyl (C=O) groups is 4. The third-order valence-electron chi connectivity index (χ3n) is 5.70. The zero-order valence-corrected chi connectivity index (χ0v) is 27.1. The van der Waals surface area contributed by atoms with Gasteiger partial charge in [0.2, 0.25) is 0 Å². The number of ether oxygens (including phenoxy) is 3. The SMILES string of the molecule is CC(C)(C)OC(N)=O.Cc1cccc(CNC(=O)OCC#Cc2ccc(C#CCOC(=O)NCc3cccc(C)c3)c(C(=O)O)c2)c1. The molecule has 0 aliphatic heterocycles. The smallest absolute Gasteiger partial charge is 0.408 e. The van der Waals surface area contributed by atoms with Crippen LogP contribution in [0.15, 0.2) is 66.7 Å². The number of amides is 3. The molecular weight excluding hydrogens is 602 g/mol. The molecule has 0 atom stereocenters. The van der Waals surface area contributed by atoms with E-state index in [1.807, 2.05) is 62.4 Å². The highest BCUT2D eigenvalue weighted by Gasteiger charge is 2.12. The van der Waals surface area contributed by atoms with Gasteiger partial charge in [0.25, 0.3) is 0 Å². The summed E-state index contributed by atoms with van der Waals surface area (Å²) in [7, 11) is 0. The summed E-state index contributed by atoms with van der Waals surface area (Å²) in [5, 5.41) is 14.8. The van der Waals surface area contributed by atoms with Crippen molar-refractivity contribution in [1.29, 1.82) is 0 Å². The topological polar surface area (TPSA) is 166 Å². The minimum absolute atomic E-state index is 0.0463. The van der Waals surface area contributed by atoms with Gasteiger partial charge in [0.15, 0.2) is 13.2 Å². The van der Waals surface area contributed by atoms with Crippen molar-refractivity contribution in [2.75, 3.05) is 13.2 Å². The van der Waals surface area contributed by atoms with Gasteiger partial charge in [0, 0.05) is 24.2 Å². The lowest BCUT2D eigenvalue weighted by molar-refractivity contribution is 0.0598. The fourth-order valence-electron chi connectivity index (χ4n) is 3.78. The molecule has 11 heteroatoms. The summed E-state index contributed by atoms with van der Waals surface area (Å²) in [6.07, 6.45) is -1.95. The Morgan fingerprint density at radius 3 is 1.70 bits per heavy atom. The molecule has 0 aromatic heterocycles. The van der Waals surface area contributed by atoms with Crippen molar-refractivity contribution in [2.24, 2.45) is 5.73 Å². The number of benzene rings is 3. The summed E-state index contributed by atoms with van der Waals surface area (Å²) in [6.45, 7) is 9.51. The number of carbonyl (C=O) groups excluding carboxylic acids is 3. The Morgan fingerprint density at radius 1 is 0.766 bits per heavy atom. The summed E-state index contributed by atoms with van der Waals surface area (Å²) in [5.41, 5.74) is 8.98. The second-order valence-electron chi connectivity index (χ2n) is 11.0. The highest BCUT2D eigenvalue weighted by atomic mass is 16.6. The van der Waals surface area contributed by atoms with E-state index in [0.29, 0.717) is 18.7 Å². The van der Waals surface area contributed by atoms with Gasteiger partial charge in [0.1, 0.15) is 5.60 Å². The number of aryl methyl sites for hydroxylation is 2. The van der Waals surface area contributed by atoms with Gasteiger partial charge in [-0.05, 0) is 63.9 Å². The molecule has 0 saturated carbocycles. The molecule has 5 N–H and O–H groups in total. The fourth-order valence-corrected chi connectivity index (χ4v) is 3.78. The maximum atomic E-state index is 11.9. The Balaban J connectivity index is 0.000000849. The summed E-state index contributed by atoms with van der Waals surface area (Å²) >= 11 is 0. The van der Waals surface area contributed by atoms with Crippen molar-refractivity contribution in [1.82, 2.24) is 10.6 Å². The van der Waals surface area contributed by atoms with Crippen LogP contribution >= 0.6 is 0 Å². The van der Waals surface area contributed by atoms with Crippen LogP contribution < -0.4 is 16.4 Å². The molecule has 0 aliphatic rings. The molecule has 0 spiro atoms. The van der Waals surface area contributed by atoms with Crippen LogP contribution in [0.25, 0.3) is 0 Å². The van der Waals surface area contributed by atoms with Crippen LogP contribution in [0.2, 0.25) is 0 Å². The van der Waals surface area contributed by atoms with Gasteiger partial charge in [-0.2, -0.15) is 0 Å². The van der Waals surface area contributed by atoms with Crippen molar-refractivity contribution in [3.8, 4) is 23.7 Å². The summed E-state index contributed by atoms with van der Waals surface area (Å²) in [4.78, 5) is 45.4. The minimum atomic E-state index is -1.17. The second-order valence-corrected chi connectivity index (χ2v) is 11.0. The van der Waals surface area contributed by atoms with Gasteiger partial charge in [-0.1, -0.05) is 83.3 Å². The number of hydrogen-bond acceptors (Lipinski definition) is 7. The lowest BCUT2D eigenvalue weighted by atomic mass is 10.0. The molecule has 0 bridgehead atoms. The van der Waals surface area contributed by atoms with Gasteiger partial charge < -0.3 is 35.7 Å². The molecule has 3 amide bonds. The number of hydrogen-bond donors (Lipinski definition) is 4. The van der Waals surface area contributed by atoms with E-state index in [9.17, 15) is 24.3 Å². The molecule has 11 nitrogen and oxygen atoms in total. The first kappa shape index (κ1) is 37.2. The van der Waals surface area contributed by atoms with Gasteiger partial charge in [-0.3, -0.25) is 0 Å². The Bertz CT molecular complexity index is 1690. The lowest BCUT2D eigenvalue weighted by Crippen LogP contribution is -2.27. The molecule has 3 aromatic carbocycles. The molecule has 0 saturated heterocycles. The first-order chi connectivity index (χ1) is 22.2. The van der Waals surface area contributed by atoms with E-state index >= 15 is 0 Å². The van der Waals surface area contributed by atoms with Crippen molar-refractivity contribution >= 4 is 24.2 Å². The first-order valence-electron chi connectivity index (χ1n) is 14.5. The van der Waals surface area contributed by atoms with E-state index in [1.165, 1.54) is 12.1 Å². The molecule has 3 aromatic rings. The molecule has 3 rings (SSSR count). The van der Waals surface area contributed by atoms with Crippen LogP contribution in [0.1, 0.15) is 64.5 Å². The third-order valence-corrected chi connectivity index (χ3v) is 5.70. The number of rotatable bonds is 7. The molecule has 0 radical (unpaired) electrons. The number of carboxylic acids is 1. The number of alkyl carbamates (subject to hydrolysis) is 2. The van der Waals surface area contributed by atoms with Gasteiger partial charge >= 0.3 is 24.2 Å². The predicted molar refractivity (Wildman–Crippen MR) is 176 cm³/mol. The third kappa shape index (κ3) is 16.1. The quantitative estimate of drug-likeness (QED) is 0.196. The minimum Gasteiger partial charge on any atom is -0.478 e. The number of nitrogens with two attached hydrogens (primary N) is 1. The number of carboxylic acid groups (broad SMARTS) is 1. The largest absolute Gasteiger partial charge is 0.478 e. The van der Waals surface area contributed by atoms with Crippen LogP contribution in [0.3, 0.4) is 0 Å². The van der Waals surface area contributed by atoms with Crippen LogP contribution in [0.5, 0.6) is 0 Å². The van der Waals surface area contributed by atoms with E-state index < -0.39 is 29.9 Å². The Labute approximate surface area is 274 Å².